The second kappa shape index (κ2) is 79.3. The molecule has 0 spiro atoms. The maximum atomic E-state index is 13.2. The molecular formula is C88H172O17P2. The predicted octanol–water partition coefficient (Wildman–Crippen LogP) is 27.0. The van der Waals surface area contributed by atoms with E-state index in [0.717, 1.165) is 102 Å². The van der Waals surface area contributed by atoms with Gasteiger partial charge in [-0.2, -0.15) is 0 Å². The summed E-state index contributed by atoms with van der Waals surface area (Å²) in [5, 5.41) is 10.7. The largest absolute Gasteiger partial charge is 0.472 e. The second-order valence-corrected chi connectivity index (χ2v) is 35.3. The molecule has 0 amide bonds. The van der Waals surface area contributed by atoms with Gasteiger partial charge in [-0.15, -0.1) is 0 Å². The zero-order valence-corrected chi connectivity index (χ0v) is 72.2. The van der Waals surface area contributed by atoms with Crippen molar-refractivity contribution in [3.8, 4) is 0 Å². The molecule has 0 aliphatic heterocycles. The van der Waals surface area contributed by atoms with Gasteiger partial charge in [0.1, 0.15) is 19.3 Å². The Morgan fingerprint density at radius 1 is 0.271 bits per heavy atom. The zero-order valence-electron chi connectivity index (χ0n) is 70.5. The molecule has 0 heterocycles. The first-order valence-electron chi connectivity index (χ1n) is 45.5. The predicted molar refractivity (Wildman–Crippen MR) is 442 cm³/mol. The maximum absolute atomic E-state index is 13.2. The Kier molecular flexibility index (Phi) is 77.9. The fourth-order valence-corrected chi connectivity index (χ4v) is 15.3. The van der Waals surface area contributed by atoms with E-state index in [1.807, 2.05) is 0 Å². The van der Waals surface area contributed by atoms with Crippen molar-refractivity contribution in [1.82, 2.24) is 0 Å². The first-order chi connectivity index (χ1) is 51.9. The van der Waals surface area contributed by atoms with Crippen LogP contribution >= 0.6 is 15.6 Å². The van der Waals surface area contributed by atoms with E-state index in [9.17, 15) is 43.2 Å². The van der Waals surface area contributed by atoms with E-state index in [2.05, 4.69) is 41.5 Å². The van der Waals surface area contributed by atoms with Crippen molar-refractivity contribution in [1.29, 1.82) is 0 Å². The van der Waals surface area contributed by atoms with Gasteiger partial charge < -0.3 is 33.8 Å². The van der Waals surface area contributed by atoms with E-state index in [1.165, 1.54) is 289 Å². The van der Waals surface area contributed by atoms with Gasteiger partial charge in [-0.25, -0.2) is 9.13 Å². The minimum absolute atomic E-state index is 0.108. The van der Waals surface area contributed by atoms with Crippen molar-refractivity contribution in [2.75, 3.05) is 39.6 Å². The van der Waals surface area contributed by atoms with Crippen LogP contribution in [0.15, 0.2) is 0 Å². The molecule has 3 unspecified atom stereocenters. The fourth-order valence-electron chi connectivity index (χ4n) is 13.7. The lowest BCUT2D eigenvalue weighted by Gasteiger charge is -2.21. The van der Waals surface area contributed by atoms with Crippen molar-refractivity contribution >= 4 is 39.5 Å². The van der Waals surface area contributed by atoms with Crippen LogP contribution in [0.2, 0.25) is 0 Å². The summed E-state index contributed by atoms with van der Waals surface area (Å²) >= 11 is 0. The SMILES string of the molecule is CCCCCCCCCCCCCCCC(=O)O[C@H](COC(=O)CCCCCCCCCCCCC)COP(=O)(O)OC[C@H](O)COP(=O)(O)OC[C@@H](COC(=O)CCCCCCCCCCCCCCCCCCCCC(C)C)OC(=O)CCCCCCCCCCCCCCCCCCCCC(C)CC. The third-order valence-electron chi connectivity index (χ3n) is 21.1. The minimum atomic E-state index is -4.97. The number of phosphoric acid groups is 2. The van der Waals surface area contributed by atoms with Gasteiger partial charge in [0, 0.05) is 25.7 Å². The molecule has 107 heavy (non-hydrogen) atoms. The summed E-state index contributed by atoms with van der Waals surface area (Å²) in [6.07, 6.45) is 72.2. The first kappa shape index (κ1) is 105. The van der Waals surface area contributed by atoms with Gasteiger partial charge in [0.25, 0.3) is 0 Å². The number of ether oxygens (including phenoxy) is 4. The Bertz CT molecular complexity index is 2050. The summed E-state index contributed by atoms with van der Waals surface area (Å²) in [7, 11) is -9.93. The van der Waals surface area contributed by atoms with Crippen molar-refractivity contribution in [2.45, 2.75) is 490 Å². The number of aliphatic hydroxyl groups excluding tert-OH is 1. The molecule has 0 aromatic carbocycles. The highest BCUT2D eigenvalue weighted by molar-refractivity contribution is 7.47. The molecule has 0 radical (unpaired) electrons. The van der Waals surface area contributed by atoms with E-state index in [4.69, 9.17) is 37.0 Å². The standard InChI is InChI=1S/C88H172O17P2/c1-7-10-12-14-16-18-20-33-42-48-54-60-66-72-87(92)104-83(76-98-85(90)70-64-58-52-46-38-19-17-15-13-11-8-2)78-102-106(94,95)100-74-82(89)75-101-107(96,97)103-79-84(77-99-86(91)71-65-59-53-47-41-36-31-27-23-21-25-29-34-39-44-50-56-62-68-80(4)5)105-88(93)73-67-61-55-49-43-37-32-28-24-22-26-30-35-40-45-51-57-63-69-81(6)9-3/h80-84,89H,7-79H2,1-6H3,(H,94,95)(H,96,97)/t81?,82-,83+,84+/m0/s1. The molecule has 6 atom stereocenters. The molecule has 19 heteroatoms. The molecule has 0 aliphatic rings. The fraction of sp³-hybridized carbons (Fsp3) is 0.955. The Balaban J connectivity index is 5.21. The number of rotatable bonds is 87. The summed E-state index contributed by atoms with van der Waals surface area (Å²) < 4.78 is 68.9. The van der Waals surface area contributed by atoms with Gasteiger partial charge in [0.05, 0.1) is 26.4 Å². The number of unbranched alkanes of at least 4 members (excludes halogenated alkanes) is 56. The molecule has 0 aromatic heterocycles. The van der Waals surface area contributed by atoms with Gasteiger partial charge in [-0.3, -0.25) is 37.3 Å². The summed E-state index contributed by atoms with van der Waals surface area (Å²) in [6.45, 7) is 9.78. The highest BCUT2D eigenvalue weighted by Crippen LogP contribution is 2.45. The number of hydrogen-bond acceptors (Lipinski definition) is 15. The van der Waals surface area contributed by atoms with Crippen LogP contribution in [0.4, 0.5) is 0 Å². The zero-order chi connectivity index (χ0) is 78.5. The lowest BCUT2D eigenvalue weighted by Crippen LogP contribution is -2.30. The Morgan fingerprint density at radius 2 is 0.477 bits per heavy atom. The van der Waals surface area contributed by atoms with Crippen LogP contribution in [-0.2, 0) is 65.4 Å². The van der Waals surface area contributed by atoms with Gasteiger partial charge in [0.15, 0.2) is 12.2 Å². The third kappa shape index (κ3) is 80.5. The highest BCUT2D eigenvalue weighted by atomic mass is 31.2. The van der Waals surface area contributed by atoms with Gasteiger partial charge >= 0.3 is 39.5 Å². The number of aliphatic hydroxyl groups is 1. The maximum Gasteiger partial charge on any atom is 0.472 e. The summed E-state index contributed by atoms with van der Waals surface area (Å²) in [6, 6.07) is 0. The molecular weight excluding hydrogens is 1390 g/mol. The molecule has 0 fully saturated rings. The average Bonchev–Trinajstić information content (AvgIpc) is 0.928. The van der Waals surface area contributed by atoms with E-state index < -0.39 is 97.5 Å². The topological polar surface area (TPSA) is 237 Å². The third-order valence-corrected chi connectivity index (χ3v) is 23.0. The molecule has 17 nitrogen and oxygen atoms in total. The van der Waals surface area contributed by atoms with Crippen molar-refractivity contribution in [3.05, 3.63) is 0 Å². The smallest absolute Gasteiger partial charge is 0.462 e. The van der Waals surface area contributed by atoms with Crippen LogP contribution in [0.3, 0.4) is 0 Å². The summed E-state index contributed by atoms with van der Waals surface area (Å²) in [5.41, 5.74) is 0. The van der Waals surface area contributed by atoms with Crippen LogP contribution in [0.1, 0.15) is 472 Å². The summed E-state index contributed by atoms with van der Waals surface area (Å²) in [5.74, 6) is -0.404. The quantitative estimate of drug-likeness (QED) is 0.0222. The number of esters is 4. The van der Waals surface area contributed by atoms with Crippen LogP contribution in [-0.4, -0.2) is 96.7 Å². The molecule has 0 aliphatic carbocycles. The van der Waals surface area contributed by atoms with E-state index >= 15 is 0 Å². The Morgan fingerprint density at radius 3 is 0.710 bits per heavy atom. The molecule has 0 saturated carbocycles. The molecule has 636 valence electrons. The molecule has 3 N–H and O–H groups in total. The average molecular weight is 1560 g/mol. The number of carbonyl (C=O) groups excluding carboxylic acids is 4. The molecule has 0 rings (SSSR count). The van der Waals surface area contributed by atoms with Crippen molar-refractivity contribution < 1.29 is 80.2 Å². The lowest BCUT2D eigenvalue weighted by molar-refractivity contribution is -0.161. The Labute approximate surface area is 658 Å². The van der Waals surface area contributed by atoms with Crippen LogP contribution in [0.5, 0.6) is 0 Å². The van der Waals surface area contributed by atoms with Gasteiger partial charge in [-0.05, 0) is 37.5 Å². The van der Waals surface area contributed by atoms with Crippen LogP contribution in [0, 0.1) is 11.8 Å². The van der Waals surface area contributed by atoms with E-state index in [0.29, 0.717) is 25.7 Å². The molecule has 0 saturated heterocycles. The van der Waals surface area contributed by atoms with Crippen LogP contribution in [0.25, 0.3) is 0 Å². The number of phosphoric ester groups is 2. The highest BCUT2D eigenvalue weighted by Gasteiger charge is 2.31. The monoisotopic (exact) mass is 1560 g/mol. The first-order valence-corrected chi connectivity index (χ1v) is 48.5. The normalized spacial score (nSPS) is 14.0. The molecule has 0 aromatic rings. The van der Waals surface area contributed by atoms with Crippen molar-refractivity contribution in [3.63, 3.8) is 0 Å². The lowest BCUT2D eigenvalue weighted by atomic mass is 9.99. The molecule has 0 bridgehead atoms. The summed E-state index contributed by atoms with van der Waals surface area (Å²) in [4.78, 5) is 73.2. The van der Waals surface area contributed by atoms with Crippen molar-refractivity contribution in [2.24, 2.45) is 11.8 Å². The van der Waals surface area contributed by atoms with E-state index in [-0.39, 0.29) is 25.7 Å². The minimum Gasteiger partial charge on any atom is -0.462 e. The van der Waals surface area contributed by atoms with Gasteiger partial charge in [-0.1, -0.05) is 420 Å². The number of hydrogen-bond donors (Lipinski definition) is 3. The second-order valence-electron chi connectivity index (χ2n) is 32.4. The van der Waals surface area contributed by atoms with Gasteiger partial charge in [0.2, 0.25) is 0 Å². The Hall–Kier alpha value is -1.94. The van der Waals surface area contributed by atoms with E-state index in [1.54, 1.807) is 0 Å². The van der Waals surface area contributed by atoms with Crippen LogP contribution < -0.4 is 0 Å². The number of carbonyl (C=O) groups is 4.